The lowest BCUT2D eigenvalue weighted by atomic mass is 10.1. The molecule has 2 saturated heterocycles. The molecule has 2 unspecified atom stereocenters. The monoisotopic (exact) mass is 508 g/mol. The quantitative estimate of drug-likeness (QED) is 0.375. The second kappa shape index (κ2) is 13.3. The highest BCUT2D eigenvalue weighted by atomic mass is 16.5. The lowest BCUT2D eigenvalue weighted by Gasteiger charge is -2.46. The third kappa shape index (κ3) is 7.39. The van der Waals surface area contributed by atoms with Crippen LogP contribution in [-0.2, 0) is 0 Å². The first-order valence-electron chi connectivity index (χ1n) is 13.2. The Morgan fingerprint density at radius 2 is 1.08 bits per heavy atom. The molecule has 2 heterocycles. The number of hydrogen-bond donors (Lipinski definition) is 0. The molecule has 37 heavy (non-hydrogen) atoms. The van der Waals surface area contributed by atoms with Crippen molar-refractivity contribution < 1.29 is 9.47 Å². The Hall–Kier alpha value is -3.24. The van der Waals surface area contributed by atoms with Crippen molar-refractivity contribution in [2.75, 3.05) is 47.3 Å². The van der Waals surface area contributed by atoms with E-state index in [1.165, 1.54) is 0 Å². The third-order valence-corrected chi connectivity index (χ3v) is 7.19. The van der Waals surface area contributed by atoms with Gasteiger partial charge in [0, 0.05) is 25.2 Å². The van der Waals surface area contributed by atoms with E-state index in [0.29, 0.717) is 12.1 Å². The number of nitrogens with zero attached hydrogens (tertiary/aromatic N) is 8. The maximum Gasteiger partial charge on any atom is 0.119 e. The molecule has 0 N–H and O–H groups in total. The normalized spacial score (nSPS) is 21.7. The molecule has 2 atom stereocenters. The molecule has 10 nitrogen and oxygen atoms in total. The van der Waals surface area contributed by atoms with Crippen LogP contribution < -0.4 is 9.47 Å². The molecule has 0 radical (unpaired) electrons. The van der Waals surface area contributed by atoms with Gasteiger partial charge in [0.05, 0.1) is 45.6 Å². The molecular formula is C27H40N8O2. The maximum absolute atomic E-state index is 5.23. The second-order valence-electron chi connectivity index (χ2n) is 9.54. The van der Waals surface area contributed by atoms with Crippen molar-refractivity contribution in [1.29, 1.82) is 0 Å². The highest BCUT2D eigenvalue weighted by Gasteiger charge is 2.31. The molecule has 0 aliphatic carbocycles. The first-order chi connectivity index (χ1) is 18.1. The smallest absolute Gasteiger partial charge is 0.119 e. The van der Waals surface area contributed by atoms with E-state index >= 15 is 0 Å². The molecule has 200 valence electrons. The number of benzene rings is 2. The molecule has 0 spiro atoms. The molecule has 10 heteroatoms. The van der Waals surface area contributed by atoms with Crippen LogP contribution in [0.3, 0.4) is 0 Å². The third-order valence-electron chi connectivity index (χ3n) is 7.19. The van der Waals surface area contributed by atoms with Crippen LogP contribution in [0.4, 0.5) is 11.4 Å². The lowest BCUT2D eigenvalue weighted by Crippen LogP contribution is -2.57. The Morgan fingerprint density at radius 1 is 0.676 bits per heavy atom. The van der Waals surface area contributed by atoms with Gasteiger partial charge in [-0.15, -0.1) is 10.2 Å². The zero-order chi connectivity index (χ0) is 26.0. The van der Waals surface area contributed by atoms with Gasteiger partial charge in [0.1, 0.15) is 11.5 Å². The van der Waals surface area contributed by atoms with E-state index < -0.39 is 0 Å². The van der Waals surface area contributed by atoms with Crippen molar-refractivity contribution in [3.63, 3.8) is 0 Å². The van der Waals surface area contributed by atoms with Gasteiger partial charge in [-0.05, 0) is 74.2 Å². The fraction of sp³-hybridized carbons (Fsp3) is 0.556. The topological polar surface area (TPSA) is 80.9 Å². The second-order valence-corrected chi connectivity index (χ2v) is 9.54. The van der Waals surface area contributed by atoms with Gasteiger partial charge in [-0.2, -0.15) is 0 Å². The van der Waals surface area contributed by atoms with Crippen LogP contribution >= 0.6 is 0 Å². The molecule has 2 aliphatic rings. The molecule has 2 aromatic rings. The summed E-state index contributed by atoms with van der Waals surface area (Å²) in [4.78, 5) is 5.06. The minimum absolute atomic E-state index is 0.529. The van der Waals surface area contributed by atoms with E-state index in [9.17, 15) is 0 Å². The average Bonchev–Trinajstić information content (AvgIpc) is 2.95. The van der Waals surface area contributed by atoms with Crippen molar-refractivity contribution >= 4 is 11.4 Å². The maximum atomic E-state index is 5.23. The SMILES string of the molecule is CCC1CCN(N=Nc2ccc(OC)cc2)CN1CN1CN(N=Nc2ccc(OC)cc2)CCC1CC. The van der Waals surface area contributed by atoms with Crippen LogP contribution in [0.5, 0.6) is 11.5 Å². The van der Waals surface area contributed by atoms with Crippen LogP contribution in [0.25, 0.3) is 0 Å². The number of methoxy groups -OCH3 is 2. The number of rotatable bonds is 10. The van der Waals surface area contributed by atoms with E-state index in [2.05, 4.69) is 54.3 Å². The fourth-order valence-corrected chi connectivity index (χ4v) is 4.90. The summed E-state index contributed by atoms with van der Waals surface area (Å²) in [5.41, 5.74) is 1.65. The van der Waals surface area contributed by atoms with Gasteiger partial charge < -0.3 is 9.47 Å². The summed E-state index contributed by atoms with van der Waals surface area (Å²) >= 11 is 0. The summed E-state index contributed by atoms with van der Waals surface area (Å²) in [7, 11) is 3.33. The van der Waals surface area contributed by atoms with Crippen LogP contribution in [0.2, 0.25) is 0 Å². The van der Waals surface area contributed by atoms with Crippen LogP contribution in [0.15, 0.2) is 69.2 Å². The Balaban J connectivity index is 1.38. The van der Waals surface area contributed by atoms with Gasteiger partial charge >= 0.3 is 0 Å². The molecule has 2 aromatic carbocycles. The Bertz CT molecular complexity index is 933. The molecule has 4 rings (SSSR count). The van der Waals surface area contributed by atoms with Crippen LogP contribution in [-0.4, -0.2) is 79.2 Å². The predicted molar refractivity (Wildman–Crippen MR) is 144 cm³/mol. The van der Waals surface area contributed by atoms with Gasteiger partial charge in [-0.25, -0.2) is 0 Å². The zero-order valence-corrected chi connectivity index (χ0v) is 22.5. The Labute approximate surface area is 220 Å². The van der Waals surface area contributed by atoms with E-state index in [-0.39, 0.29) is 0 Å². The summed E-state index contributed by atoms with van der Waals surface area (Å²) in [6.45, 7) is 8.77. The number of hydrogen-bond acceptors (Lipinski definition) is 8. The summed E-state index contributed by atoms with van der Waals surface area (Å²) in [5, 5.41) is 22.2. The standard InChI is InChI=1S/C27H40N8O2/c1-5-24-15-17-34(30-28-22-7-11-26(36-3)12-8-22)20-32(24)19-33-21-35(18-16-25(33)6-2)31-29-23-9-13-27(37-4)14-10-23/h7-14,24-25H,5-6,15-21H2,1-4H3. The van der Waals surface area contributed by atoms with Crippen molar-refractivity contribution in [2.24, 2.45) is 20.7 Å². The zero-order valence-electron chi connectivity index (χ0n) is 22.5. The molecule has 0 amide bonds. The first kappa shape index (κ1) is 26.8. The molecule has 0 bridgehead atoms. The largest absolute Gasteiger partial charge is 0.497 e. The molecular weight excluding hydrogens is 468 g/mol. The van der Waals surface area contributed by atoms with E-state index in [0.717, 1.165) is 81.7 Å². The predicted octanol–water partition coefficient (Wildman–Crippen LogP) is 5.85. The lowest BCUT2D eigenvalue weighted by molar-refractivity contribution is -0.0546. The van der Waals surface area contributed by atoms with Crippen molar-refractivity contribution in [3.05, 3.63) is 48.5 Å². The van der Waals surface area contributed by atoms with Crippen molar-refractivity contribution in [2.45, 2.75) is 51.6 Å². The van der Waals surface area contributed by atoms with Crippen molar-refractivity contribution in [1.82, 2.24) is 19.8 Å². The van der Waals surface area contributed by atoms with Crippen molar-refractivity contribution in [3.8, 4) is 11.5 Å². The summed E-state index contributed by atoms with van der Waals surface area (Å²) in [6, 6.07) is 16.4. The minimum atomic E-state index is 0.529. The first-order valence-corrected chi connectivity index (χ1v) is 13.2. The van der Waals surface area contributed by atoms with E-state index in [4.69, 9.17) is 9.47 Å². The molecule has 0 aromatic heterocycles. The van der Waals surface area contributed by atoms with Crippen LogP contribution in [0.1, 0.15) is 39.5 Å². The summed E-state index contributed by atoms with van der Waals surface area (Å²) in [5.74, 6) is 1.64. The van der Waals surface area contributed by atoms with Crippen LogP contribution in [0, 0.1) is 0 Å². The fourth-order valence-electron chi connectivity index (χ4n) is 4.90. The molecule has 0 saturated carbocycles. The summed E-state index contributed by atoms with van der Waals surface area (Å²) in [6.07, 6.45) is 4.39. The van der Waals surface area contributed by atoms with Gasteiger partial charge in [0.25, 0.3) is 0 Å². The average molecular weight is 509 g/mol. The molecule has 2 fully saturated rings. The van der Waals surface area contributed by atoms with Gasteiger partial charge in [0.15, 0.2) is 0 Å². The summed E-state index contributed by atoms with van der Waals surface area (Å²) < 4.78 is 10.5. The Kier molecular flexibility index (Phi) is 9.67. The highest BCUT2D eigenvalue weighted by Crippen LogP contribution is 2.25. The van der Waals surface area contributed by atoms with E-state index in [1.54, 1.807) is 14.2 Å². The minimum Gasteiger partial charge on any atom is -0.497 e. The number of ether oxygens (including phenoxy) is 2. The Morgan fingerprint density at radius 3 is 1.43 bits per heavy atom. The highest BCUT2D eigenvalue weighted by molar-refractivity contribution is 5.41. The van der Waals surface area contributed by atoms with Gasteiger partial charge in [0.2, 0.25) is 0 Å². The van der Waals surface area contributed by atoms with Gasteiger partial charge in [-0.3, -0.25) is 19.8 Å². The van der Waals surface area contributed by atoms with E-state index in [1.807, 2.05) is 48.5 Å². The molecule has 2 aliphatic heterocycles. The van der Waals surface area contributed by atoms with Gasteiger partial charge in [-0.1, -0.05) is 24.3 Å².